The number of hydrogen-bond donors (Lipinski definition) is 2. The number of benzene rings is 1. The fraction of sp³-hybridized carbons (Fsp3) is 0.300. The summed E-state index contributed by atoms with van der Waals surface area (Å²) < 4.78 is 0. The molecule has 70 valence electrons. The number of carboxylic acid groups (broad SMARTS) is 1. The van der Waals surface area contributed by atoms with Gasteiger partial charge in [0.2, 0.25) is 0 Å². The van der Waals surface area contributed by atoms with Crippen LogP contribution in [-0.4, -0.2) is 16.2 Å². The lowest BCUT2D eigenvalue weighted by Gasteiger charge is -2.03. The van der Waals surface area contributed by atoms with E-state index in [1.807, 2.05) is 6.92 Å². The van der Waals surface area contributed by atoms with Gasteiger partial charge in [-0.3, -0.25) is 4.79 Å². The summed E-state index contributed by atoms with van der Waals surface area (Å²) in [4.78, 5) is 10.4. The second-order valence-electron chi connectivity index (χ2n) is 2.89. The van der Waals surface area contributed by atoms with Crippen LogP contribution in [0.15, 0.2) is 18.2 Å². The number of carbonyl (C=O) groups is 1. The van der Waals surface area contributed by atoms with Crippen LogP contribution in [0.5, 0.6) is 5.75 Å². The van der Waals surface area contributed by atoms with E-state index in [0.717, 1.165) is 12.0 Å². The molecule has 0 aliphatic carbocycles. The maximum absolute atomic E-state index is 10.4. The van der Waals surface area contributed by atoms with E-state index in [0.29, 0.717) is 5.56 Å². The fourth-order valence-electron chi connectivity index (χ4n) is 1.16. The molecule has 0 unspecified atom stereocenters. The van der Waals surface area contributed by atoms with Crippen LogP contribution in [0, 0.1) is 0 Å². The third-order valence-electron chi connectivity index (χ3n) is 1.89. The van der Waals surface area contributed by atoms with Crippen LogP contribution in [0.3, 0.4) is 0 Å². The van der Waals surface area contributed by atoms with Gasteiger partial charge in [-0.1, -0.05) is 19.1 Å². The van der Waals surface area contributed by atoms with E-state index in [-0.39, 0.29) is 12.2 Å². The van der Waals surface area contributed by atoms with Crippen LogP contribution in [0.1, 0.15) is 18.1 Å². The summed E-state index contributed by atoms with van der Waals surface area (Å²) in [5.74, 6) is -0.872. The second-order valence-corrected chi connectivity index (χ2v) is 2.89. The Morgan fingerprint density at radius 2 is 2.15 bits per heavy atom. The Kier molecular flexibility index (Phi) is 2.90. The molecule has 0 radical (unpaired) electrons. The van der Waals surface area contributed by atoms with E-state index in [1.54, 1.807) is 12.1 Å². The second kappa shape index (κ2) is 3.94. The van der Waals surface area contributed by atoms with Crippen molar-refractivity contribution in [1.29, 1.82) is 0 Å². The molecule has 0 atom stereocenters. The average Bonchev–Trinajstić information content (AvgIpc) is 2.08. The highest BCUT2D eigenvalue weighted by atomic mass is 16.4. The summed E-state index contributed by atoms with van der Waals surface area (Å²) in [6.07, 6.45) is 0.715. The van der Waals surface area contributed by atoms with E-state index in [4.69, 9.17) is 5.11 Å². The first-order chi connectivity index (χ1) is 6.13. The van der Waals surface area contributed by atoms with Crippen molar-refractivity contribution < 1.29 is 15.0 Å². The molecule has 0 saturated carbocycles. The number of aryl methyl sites for hydroxylation is 1. The lowest BCUT2D eigenvalue weighted by atomic mass is 10.1. The van der Waals surface area contributed by atoms with Crippen molar-refractivity contribution in [3.05, 3.63) is 29.3 Å². The van der Waals surface area contributed by atoms with E-state index in [2.05, 4.69) is 0 Å². The third kappa shape index (κ3) is 2.47. The number of hydrogen-bond acceptors (Lipinski definition) is 2. The van der Waals surface area contributed by atoms with E-state index in [9.17, 15) is 9.90 Å². The largest absolute Gasteiger partial charge is 0.508 e. The van der Waals surface area contributed by atoms with E-state index < -0.39 is 5.97 Å². The van der Waals surface area contributed by atoms with Crippen LogP contribution in [0.2, 0.25) is 0 Å². The Bertz CT molecular complexity index is 318. The van der Waals surface area contributed by atoms with Crippen LogP contribution in [0.4, 0.5) is 0 Å². The van der Waals surface area contributed by atoms with Gasteiger partial charge >= 0.3 is 5.97 Å². The van der Waals surface area contributed by atoms with Gasteiger partial charge in [-0.05, 0) is 18.1 Å². The van der Waals surface area contributed by atoms with Gasteiger partial charge in [-0.25, -0.2) is 0 Å². The zero-order chi connectivity index (χ0) is 9.84. The molecule has 13 heavy (non-hydrogen) atoms. The van der Waals surface area contributed by atoms with Gasteiger partial charge in [0.1, 0.15) is 5.75 Å². The highest BCUT2D eigenvalue weighted by Gasteiger charge is 2.06. The van der Waals surface area contributed by atoms with Gasteiger partial charge in [0.15, 0.2) is 0 Å². The third-order valence-corrected chi connectivity index (χ3v) is 1.89. The van der Waals surface area contributed by atoms with Crippen LogP contribution >= 0.6 is 0 Å². The summed E-state index contributed by atoms with van der Waals surface area (Å²) in [6.45, 7) is 1.98. The Morgan fingerprint density at radius 1 is 1.46 bits per heavy atom. The van der Waals surface area contributed by atoms with Crippen LogP contribution in [-0.2, 0) is 17.6 Å². The summed E-state index contributed by atoms with van der Waals surface area (Å²) >= 11 is 0. The number of aromatic hydroxyl groups is 1. The lowest BCUT2D eigenvalue weighted by molar-refractivity contribution is -0.136. The minimum atomic E-state index is -0.927. The normalized spacial score (nSPS) is 9.92. The predicted molar refractivity (Wildman–Crippen MR) is 48.8 cm³/mol. The number of phenolic OH excluding ortho intramolecular Hbond substituents is 1. The highest BCUT2D eigenvalue weighted by Crippen LogP contribution is 2.19. The number of carboxylic acids is 1. The molecule has 0 fully saturated rings. The van der Waals surface area contributed by atoms with Crippen molar-refractivity contribution >= 4 is 5.97 Å². The summed E-state index contributed by atoms with van der Waals surface area (Å²) in [7, 11) is 0. The molecule has 0 aliphatic heterocycles. The lowest BCUT2D eigenvalue weighted by Crippen LogP contribution is -2.00. The minimum Gasteiger partial charge on any atom is -0.508 e. The molecule has 1 aromatic carbocycles. The first kappa shape index (κ1) is 9.58. The SMILES string of the molecule is CCc1ccc(O)c(CC(=O)O)c1. The minimum absolute atomic E-state index is 0.0552. The molecule has 3 nitrogen and oxygen atoms in total. The van der Waals surface area contributed by atoms with Crippen LogP contribution < -0.4 is 0 Å². The molecule has 0 amide bonds. The standard InChI is InChI=1S/C10H12O3/c1-2-7-3-4-9(11)8(5-7)6-10(12)13/h3-5,11H,2,6H2,1H3,(H,12,13). The van der Waals surface area contributed by atoms with Crippen molar-refractivity contribution in [1.82, 2.24) is 0 Å². The molecule has 3 heteroatoms. The summed E-state index contributed by atoms with van der Waals surface area (Å²) in [5, 5.41) is 17.9. The van der Waals surface area contributed by atoms with E-state index >= 15 is 0 Å². The highest BCUT2D eigenvalue weighted by molar-refractivity contribution is 5.71. The smallest absolute Gasteiger partial charge is 0.307 e. The van der Waals surface area contributed by atoms with E-state index in [1.165, 1.54) is 6.07 Å². The van der Waals surface area contributed by atoms with Gasteiger partial charge in [0.25, 0.3) is 0 Å². The summed E-state index contributed by atoms with van der Waals surface area (Å²) in [6, 6.07) is 5.06. The quantitative estimate of drug-likeness (QED) is 0.742. The van der Waals surface area contributed by atoms with Gasteiger partial charge in [0.05, 0.1) is 6.42 Å². The first-order valence-corrected chi connectivity index (χ1v) is 4.16. The van der Waals surface area contributed by atoms with Gasteiger partial charge in [-0.2, -0.15) is 0 Å². The molecule has 0 saturated heterocycles. The number of rotatable bonds is 3. The van der Waals surface area contributed by atoms with Crippen LogP contribution in [0.25, 0.3) is 0 Å². The van der Waals surface area contributed by atoms with Crippen molar-refractivity contribution in [2.75, 3.05) is 0 Å². The molecular weight excluding hydrogens is 168 g/mol. The van der Waals surface area contributed by atoms with Crippen molar-refractivity contribution in [2.45, 2.75) is 19.8 Å². The Morgan fingerprint density at radius 3 is 2.69 bits per heavy atom. The van der Waals surface area contributed by atoms with Crippen molar-refractivity contribution in [3.8, 4) is 5.75 Å². The molecule has 0 spiro atoms. The molecule has 2 N–H and O–H groups in total. The fourth-order valence-corrected chi connectivity index (χ4v) is 1.16. The number of aliphatic carboxylic acids is 1. The monoisotopic (exact) mass is 180 g/mol. The molecule has 0 aliphatic rings. The van der Waals surface area contributed by atoms with Crippen molar-refractivity contribution in [3.63, 3.8) is 0 Å². The Balaban J connectivity index is 2.96. The molecule has 0 bridgehead atoms. The maximum atomic E-state index is 10.4. The Hall–Kier alpha value is -1.51. The molecule has 0 heterocycles. The van der Waals surface area contributed by atoms with Crippen molar-refractivity contribution in [2.24, 2.45) is 0 Å². The zero-order valence-electron chi connectivity index (χ0n) is 7.45. The van der Waals surface area contributed by atoms with Gasteiger partial charge < -0.3 is 10.2 Å². The number of phenols is 1. The zero-order valence-corrected chi connectivity index (χ0v) is 7.45. The van der Waals surface area contributed by atoms with Gasteiger partial charge in [-0.15, -0.1) is 0 Å². The predicted octanol–water partition coefficient (Wildman–Crippen LogP) is 1.58. The molecule has 1 rings (SSSR count). The summed E-state index contributed by atoms with van der Waals surface area (Å²) in [5.41, 5.74) is 1.51. The maximum Gasteiger partial charge on any atom is 0.307 e. The molecule has 0 aromatic heterocycles. The topological polar surface area (TPSA) is 57.5 Å². The molecule has 1 aromatic rings. The van der Waals surface area contributed by atoms with Gasteiger partial charge in [0, 0.05) is 5.56 Å². The first-order valence-electron chi connectivity index (χ1n) is 4.16. The molecular formula is C10H12O3. The Labute approximate surface area is 76.6 Å². The average molecular weight is 180 g/mol.